The molecule has 0 atom stereocenters. The van der Waals surface area contributed by atoms with Crippen LogP contribution < -0.4 is 5.32 Å². The van der Waals surface area contributed by atoms with E-state index in [1.165, 1.54) is 11.8 Å². The fourth-order valence-electron chi connectivity index (χ4n) is 2.34. The molecule has 1 heterocycles. The number of thioether (sulfide) groups is 1. The van der Waals surface area contributed by atoms with E-state index < -0.39 is 0 Å². The first-order valence-electron chi connectivity index (χ1n) is 7.26. The number of allylic oxidation sites excluding steroid dienone is 1. The molecule has 0 aromatic heterocycles. The summed E-state index contributed by atoms with van der Waals surface area (Å²) >= 11 is 1.47. The molecule has 2 aromatic rings. The second kappa shape index (κ2) is 6.71. The first kappa shape index (κ1) is 14.7. The molecule has 0 bridgehead atoms. The number of hydrogen-bond acceptors (Lipinski definition) is 4. The maximum Gasteiger partial charge on any atom is 0.346 e. The number of rotatable bonds is 4. The van der Waals surface area contributed by atoms with E-state index in [1.807, 2.05) is 49.4 Å². The highest BCUT2D eigenvalue weighted by Crippen LogP contribution is 2.40. The Hall–Kier alpha value is -2.20. The molecule has 0 unspecified atom stereocenters. The highest BCUT2D eigenvalue weighted by molar-refractivity contribution is 8.04. The van der Waals surface area contributed by atoms with Gasteiger partial charge in [0.1, 0.15) is 4.91 Å². The van der Waals surface area contributed by atoms with Crippen molar-refractivity contribution in [1.82, 2.24) is 0 Å². The van der Waals surface area contributed by atoms with Crippen LogP contribution in [0.1, 0.15) is 12.5 Å². The number of fused-ring (bicyclic) bond motifs is 1. The number of carbonyl (C=O) groups is 1. The predicted octanol–water partition coefficient (Wildman–Crippen LogP) is 4.22. The standard InChI is InChI=1S/C18H17NO2S/c1-2-21-18(20)17-15(12-13-8-4-3-5-9-13)19-14-10-6-7-11-16(14)22-17/h3-11,19H,2,12H2,1H3. The van der Waals surface area contributed by atoms with Crippen LogP contribution in [0.15, 0.2) is 70.1 Å². The molecule has 0 aliphatic carbocycles. The summed E-state index contributed by atoms with van der Waals surface area (Å²) in [6, 6.07) is 18.1. The summed E-state index contributed by atoms with van der Waals surface area (Å²) in [5, 5.41) is 3.39. The van der Waals surface area contributed by atoms with Crippen LogP contribution in [0.3, 0.4) is 0 Å². The molecule has 0 spiro atoms. The Morgan fingerprint density at radius 3 is 2.59 bits per heavy atom. The molecule has 3 nitrogen and oxygen atoms in total. The summed E-state index contributed by atoms with van der Waals surface area (Å²) < 4.78 is 5.21. The number of carbonyl (C=O) groups excluding carboxylic acids is 1. The predicted molar refractivity (Wildman–Crippen MR) is 89.7 cm³/mol. The lowest BCUT2D eigenvalue weighted by molar-refractivity contribution is -0.137. The smallest absolute Gasteiger partial charge is 0.346 e. The van der Waals surface area contributed by atoms with Crippen LogP contribution in [-0.4, -0.2) is 12.6 Å². The van der Waals surface area contributed by atoms with Crippen molar-refractivity contribution >= 4 is 23.4 Å². The largest absolute Gasteiger partial charge is 0.462 e. The van der Waals surface area contributed by atoms with E-state index in [1.54, 1.807) is 0 Å². The Labute approximate surface area is 134 Å². The van der Waals surface area contributed by atoms with Gasteiger partial charge in [-0.1, -0.05) is 54.2 Å². The average Bonchev–Trinajstić information content (AvgIpc) is 2.55. The van der Waals surface area contributed by atoms with Crippen molar-refractivity contribution in [3.63, 3.8) is 0 Å². The van der Waals surface area contributed by atoms with Gasteiger partial charge >= 0.3 is 5.97 Å². The molecule has 0 saturated heterocycles. The monoisotopic (exact) mass is 311 g/mol. The van der Waals surface area contributed by atoms with Crippen molar-refractivity contribution < 1.29 is 9.53 Å². The van der Waals surface area contributed by atoms with Gasteiger partial charge in [-0.05, 0) is 24.6 Å². The van der Waals surface area contributed by atoms with E-state index in [0.29, 0.717) is 17.9 Å². The van der Waals surface area contributed by atoms with Gasteiger partial charge in [-0.15, -0.1) is 0 Å². The van der Waals surface area contributed by atoms with Gasteiger partial charge in [-0.25, -0.2) is 4.79 Å². The fraction of sp³-hybridized carbons (Fsp3) is 0.167. The summed E-state index contributed by atoms with van der Waals surface area (Å²) in [4.78, 5) is 14.0. The van der Waals surface area contributed by atoms with Gasteiger partial charge in [0, 0.05) is 17.0 Å². The highest BCUT2D eigenvalue weighted by atomic mass is 32.2. The molecule has 0 saturated carbocycles. The zero-order valence-electron chi connectivity index (χ0n) is 12.3. The van der Waals surface area contributed by atoms with Crippen molar-refractivity contribution in [2.75, 3.05) is 11.9 Å². The number of benzene rings is 2. The Bertz CT molecular complexity index is 710. The van der Waals surface area contributed by atoms with E-state index in [0.717, 1.165) is 21.8 Å². The third kappa shape index (κ3) is 3.17. The Kier molecular flexibility index (Phi) is 4.49. The topological polar surface area (TPSA) is 38.3 Å². The van der Waals surface area contributed by atoms with Crippen LogP contribution in [0.25, 0.3) is 0 Å². The fourth-order valence-corrected chi connectivity index (χ4v) is 3.32. The second-order valence-corrected chi connectivity index (χ2v) is 5.97. The average molecular weight is 311 g/mol. The molecule has 3 rings (SSSR count). The molecule has 0 fully saturated rings. The summed E-state index contributed by atoms with van der Waals surface area (Å²) in [7, 11) is 0. The van der Waals surface area contributed by atoms with Crippen LogP contribution >= 0.6 is 11.8 Å². The number of esters is 1. The maximum absolute atomic E-state index is 12.3. The molecule has 1 N–H and O–H groups in total. The molecule has 0 radical (unpaired) electrons. The molecule has 2 aromatic carbocycles. The third-order valence-electron chi connectivity index (χ3n) is 3.34. The lowest BCUT2D eigenvalue weighted by Gasteiger charge is -2.23. The van der Waals surface area contributed by atoms with Crippen LogP contribution in [0.2, 0.25) is 0 Å². The van der Waals surface area contributed by atoms with Crippen LogP contribution in [-0.2, 0) is 16.0 Å². The van der Waals surface area contributed by atoms with Crippen LogP contribution in [0.5, 0.6) is 0 Å². The molecule has 22 heavy (non-hydrogen) atoms. The zero-order chi connectivity index (χ0) is 15.4. The lowest BCUT2D eigenvalue weighted by atomic mass is 10.1. The van der Waals surface area contributed by atoms with Gasteiger partial charge in [0.2, 0.25) is 0 Å². The Morgan fingerprint density at radius 2 is 1.82 bits per heavy atom. The molecule has 1 aliphatic heterocycles. The molecule has 1 aliphatic rings. The minimum atomic E-state index is -0.263. The number of ether oxygens (including phenoxy) is 1. The minimum absolute atomic E-state index is 0.263. The number of para-hydroxylation sites is 1. The van der Waals surface area contributed by atoms with E-state index in [-0.39, 0.29) is 5.97 Å². The van der Waals surface area contributed by atoms with E-state index in [9.17, 15) is 4.79 Å². The van der Waals surface area contributed by atoms with Gasteiger partial charge < -0.3 is 10.1 Å². The normalized spacial score (nSPS) is 13.3. The molecule has 112 valence electrons. The minimum Gasteiger partial charge on any atom is -0.462 e. The first-order valence-corrected chi connectivity index (χ1v) is 8.07. The van der Waals surface area contributed by atoms with Crippen LogP contribution in [0, 0.1) is 0 Å². The summed E-state index contributed by atoms with van der Waals surface area (Å²) in [5.41, 5.74) is 3.09. The SMILES string of the molecule is CCOC(=O)C1=C(Cc2ccccc2)Nc2ccccc2S1. The number of anilines is 1. The summed E-state index contributed by atoms with van der Waals surface area (Å²) in [5.74, 6) is -0.263. The Morgan fingerprint density at radius 1 is 1.09 bits per heavy atom. The molecular formula is C18H17NO2S. The zero-order valence-corrected chi connectivity index (χ0v) is 13.2. The Balaban J connectivity index is 1.94. The maximum atomic E-state index is 12.3. The summed E-state index contributed by atoms with van der Waals surface area (Å²) in [6.07, 6.45) is 0.677. The van der Waals surface area contributed by atoms with Crippen LogP contribution in [0.4, 0.5) is 5.69 Å². The van der Waals surface area contributed by atoms with E-state index >= 15 is 0 Å². The summed E-state index contributed by atoms with van der Waals surface area (Å²) in [6.45, 7) is 2.20. The first-order chi connectivity index (χ1) is 10.8. The van der Waals surface area contributed by atoms with E-state index in [2.05, 4.69) is 17.4 Å². The quantitative estimate of drug-likeness (QED) is 0.858. The lowest BCUT2D eigenvalue weighted by Crippen LogP contribution is -2.17. The van der Waals surface area contributed by atoms with Gasteiger partial charge in [-0.3, -0.25) is 0 Å². The molecule has 4 heteroatoms. The van der Waals surface area contributed by atoms with Gasteiger partial charge in [-0.2, -0.15) is 0 Å². The van der Waals surface area contributed by atoms with Crippen molar-refractivity contribution in [2.45, 2.75) is 18.2 Å². The van der Waals surface area contributed by atoms with E-state index in [4.69, 9.17) is 4.74 Å². The molecule has 0 amide bonds. The third-order valence-corrected chi connectivity index (χ3v) is 4.54. The van der Waals surface area contributed by atoms with Crippen molar-refractivity contribution in [1.29, 1.82) is 0 Å². The number of nitrogens with one attached hydrogen (secondary N) is 1. The highest BCUT2D eigenvalue weighted by Gasteiger charge is 2.24. The van der Waals surface area contributed by atoms with Gasteiger partial charge in [0.05, 0.1) is 12.3 Å². The van der Waals surface area contributed by atoms with Crippen molar-refractivity contribution in [3.8, 4) is 0 Å². The number of hydrogen-bond donors (Lipinski definition) is 1. The van der Waals surface area contributed by atoms with Crippen molar-refractivity contribution in [2.24, 2.45) is 0 Å². The second-order valence-electron chi connectivity index (χ2n) is 4.91. The van der Waals surface area contributed by atoms with Crippen molar-refractivity contribution in [3.05, 3.63) is 70.8 Å². The van der Waals surface area contributed by atoms with Gasteiger partial charge in [0.15, 0.2) is 0 Å². The van der Waals surface area contributed by atoms with Gasteiger partial charge in [0.25, 0.3) is 0 Å². The molecular weight excluding hydrogens is 294 g/mol.